The molecule has 1 aromatic heterocycles. The minimum Gasteiger partial charge on any atom is -1.00 e. The summed E-state index contributed by atoms with van der Waals surface area (Å²) in [6.07, 6.45) is 4.76. The quantitative estimate of drug-likeness (QED) is 0.230. The number of benzene rings is 1. The van der Waals surface area contributed by atoms with Gasteiger partial charge in [0.1, 0.15) is 0 Å². The molecule has 0 atom stereocenters. The summed E-state index contributed by atoms with van der Waals surface area (Å²) in [5, 5.41) is 23.8. The van der Waals surface area contributed by atoms with Gasteiger partial charge in [-0.3, -0.25) is 0 Å². The Morgan fingerprint density at radius 3 is 2.16 bits per heavy atom. The SMILES string of the molecule is ON=Cc1cc[n+](C(=NO)c2ccccc2)cc1.[Cl-]. The van der Waals surface area contributed by atoms with Crippen molar-refractivity contribution < 1.29 is 27.4 Å². The highest BCUT2D eigenvalue weighted by Gasteiger charge is 2.15. The van der Waals surface area contributed by atoms with Crippen molar-refractivity contribution in [2.24, 2.45) is 10.3 Å². The Morgan fingerprint density at radius 1 is 1.00 bits per heavy atom. The average molecular weight is 278 g/mol. The van der Waals surface area contributed by atoms with Crippen molar-refractivity contribution in [1.82, 2.24) is 0 Å². The molecule has 1 heterocycles. The van der Waals surface area contributed by atoms with Gasteiger partial charge in [-0.2, -0.15) is 4.57 Å². The fourth-order valence-electron chi connectivity index (χ4n) is 1.58. The van der Waals surface area contributed by atoms with E-state index < -0.39 is 0 Å². The predicted molar refractivity (Wildman–Crippen MR) is 66.2 cm³/mol. The number of halogens is 1. The van der Waals surface area contributed by atoms with Crippen molar-refractivity contribution in [2.75, 3.05) is 0 Å². The van der Waals surface area contributed by atoms with Gasteiger partial charge in [-0.25, -0.2) is 0 Å². The molecule has 0 aliphatic carbocycles. The van der Waals surface area contributed by atoms with Crippen LogP contribution in [-0.2, 0) is 0 Å². The van der Waals surface area contributed by atoms with Crippen LogP contribution in [-0.4, -0.2) is 22.5 Å². The van der Waals surface area contributed by atoms with Gasteiger partial charge in [-0.05, 0) is 24.3 Å². The average Bonchev–Trinajstić information content (AvgIpc) is 2.43. The highest BCUT2D eigenvalue weighted by molar-refractivity contribution is 5.91. The van der Waals surface area contributed by atoms with Crippen LogP contribution in [0.3, 0.4) is 0 Å². The van der Waals surface area contributed by atoms with Crippen molar-refractivity contribution in [1.29, 1.82) is 0 Å². The van der Waals surface area contributed by atoms with E-state index in [1.165, 1.54) is 6.21 Å². The van der Waals surface area contributed by atoms with Crippen LogP contribution in [0.2, 0.25) is 0 Å². The summed E-state index contributed by atoms with van der Waals surface area (Å²) in [7, 11) is 0. The van der Waals surface area contributed by atoms with Gasteiger partial charge < -0.3 is 22.8 Å². The first kappa shape index (κ1) is 14.7. The smallest absolute Gasteiger partial charge is 0.381 e. The molecule has 0 amide bonds. The largest absolute Gasteiger partial charge is 1.00 e. The Balaban J connectivity index is 0.00000180. The summed E-state index contributed by atoms with van der Waals surface area (Å²) in [6, 6.07) is 12.8. The summed E-state index contributed by atoms with van der Waals surface area (Å²) < 4.78 is 1.67. The van der Waals surface area contributed by atoms with Crippen LogP contribution in [0.5, 0.6) is 0 Å². The highest BCUT2D eigenvalue weighted by atomic mass is 35.5. The topological polar surface area (TPSA) is 69.1 Å². The number of hydrogen-bond donors (Lipinski definition) is 2. The summed E-state index contributed by atoms with van der Waals surface area (Å²) in [4.78, 5) is 0. The van der Waals surface area contributed by atoms with Crippen LogP contribution in [0.4, 0.5) is 0 Å². The molecule has 0 spiro atoms. The Hall–Kier alpha value is -2.40. The third-order valence-electron chi connectivity index (χ3n) is 2.43. The molecule has 0 aliphatic heterocycles. The van der Waals surface area contributed by atoms with Crippen molar-refractivity contribution in [3.05, 3.63) is 66.0 Å². The maximum absolute atomic E-state index is 9.11. The molecule has 19 heavy (non-hydrogen) atoms. The monoisotopic (exact) mass is 277 g/mol. The molecule has 0 saturated heterocycles. The number of pyridine rings is 1. The molecule has 0 unspecified atom stereocenters. The number of oxime groups is 2. The normalized spacial score (nSPS) is 11.3. The predicted octanol–water partition coefficient (Wildman–Crippen LogP) is -1.53. The van der Waals surface area contributed by atoms with Gasteiger partial charge in [0.2, 0.25) is 0 Å². The van der Waals surface area contributed by atoms with E-state index in [1.807, 2.05) is 30.3 Å². The second-order valence-corrected chi connectivity index (χ2v) is 3.57. The molecule has 2 rings (SSSR count). The first-order valence-electron chi connectivity index (χ1n) is 5.32. The zero-order valence-electron chi connectivity index (χ0n) is 9.89. The lowest BCUT2D eigenvalue weighted by molar-refractivity contribution is -0.555. The number of hydrogen-bond acceptors (Lipinski definition) is 4. The zero-order valence-corrected chi connectivity index (χ0v) is 10.6. The molecule has 0 radical (unpaired) electrons. The number of nitrogens with zero attached hydrogens (tertiary/aromatic N) is 3. The van der Waals surface area contributed by atoms with Crippen LogP contribution in [0, 0.1) is 0 Å². The standard InChI is InChI=1S/C13H11N3O2.ClH/c17-14-10-11-6-8-16(9-7-11)13(15-18)12-4-2-1-3-5-12;/h1-10,18H;1H. The molecule has 0 saturated carbocycles. The van der Waals surface area contributed by atoms with Crippen LogP contribution in [0.1, 0.15) is 11.1 Å². The number of aromatic nitrogens is 1. The van der Waals surface area contributed by atoms with E-state index in [4.69, 9.17) is 10.4 Å². The van der Waals surface area contributed by atoms with E-state index in [-0.39, 0.29) is 12.4 Å². The number of rotatable bonds is 2. The van der Waals surface area contributed by atoms with Crippen molar-refractivity contribution in [3.63, 3.8) is 0 Å². The van der Waals surface area contributed by atoms with Gasteiger partial charge in [0, 0.05) is 5.56 Å². The van der Waals surface area contributed by atoms with E-state index in [2.05, 4.69) is 10.3 Å². The lowest BCUT2D eigenvalue weighted by Crippen LogP contribution is -3.00. The summed E-state index contributed by atoms with van der Waals surface area (Å²) >= 11 is 0. The summed E-state index contributed by atoms with van der Waals surface area (Å²) in [6.45, 7) is 0. The molecule has 5 nitrogen and oxygen atoms in total. The Morgan fingerprint density at radius 2 is 1.63 bits per heavy atom. The zero-order chi connectivity index (χ0) is 12.8. The molecule has 2 aromatic rings. The summed E-state index contributed by atoms with van der Waals surface area (Å²) in [5.74, 6) is 0.420. The molecular weight excluding hydrogens is 266 g/mol. The fraction of sp³-hybridized carbons (Fsp3) is 0. The molecule has 2 N–H and O–H groups in total. The molecule has 0 aliphatic rings. The van der Waals surface area contributed by atoms with Crippen molar-refractivity contribution in [3.8, 4) is 0 Å². The first-order valence-corrected chi connectivity index (χ1v) is 5.32. The van der Waals surface area contributed by atoms with Gasteiger partial charge in [0.05, 0.1) is 24.2 Å². The molecule has 98 valence electrons. The van der Waals surface area contributed by atoms with Crippen LogP contribution in [0.25, 0.3) is 0 Å². The third-order valence-corrected chi connectivity index (χ3v) is 2.43. The van der Waals surface area contributed by atoms with Crippen LogP contribution < -0.4 is 17.0 Å². The van der Waals surface area contributed by atoms with E-state index in [1.54, 1.807) is 29.1 Å². The molecular formula is C13H12ClN3O2. The minimum absolute atomic E-state index is 0. The summed E-state index contributed by atoms with van der Waals surface area (Å²) in [5.41, 5.74) is 1.55. The maximum atomic E-state index is 9.11. The second kappa shape index (κ2) is 7.13. The first-order chi connectivity index (χ1) is 8.85. The second-order valence-electron chi connectivity index (χ2n) is 3.57. The molecule has 0 fully saturated rings. The van der Waals surface area contributed by atoms with Crippen LogP contribution in [0.15, 0.2) is 65.2 Å². The van der Waals surface area contributed by atoms with E-state index >= 15 is 0 Å². The molecule has 0 bridgehead atoms. The molecule has 6 heteroatoms. The fourth-order valence-corrected chi connectivity index (χ4v) is 1.58. The minimum atomic E-state index is 0. The lowest BCUT2D eigenvalue weighted by Gasteiger charge is -1.99. The maximum Gasteiger partial charge on any atom is 0.381 e. The Bertz CT molecular complexity index is 568. The van der Waals surface area contributed by atoms with Gasteiger partial charge in [-0.15, -0.1) is 0 Å². The lowest BCUT2D eigenvalue weighted by atomic mass is 10.2. The van der Waals surface area contributed by atoms with Crippen molar-refractivity contribution in [2.45, 2.75) is 0 Å². The Labute approximate surface area is 116 Å². The third kappa shape index (κ3) is 3.53. The van der Waals surface area contributed by atoms with Crippen molar-refractivity contribution >= 4 is 12.1 Å². The van der Waals surface area contributed by atoms with E-state index in [0.29, 0.717) is 5.84 Å². The highest BCUT2D eigenvalue weighted by Crippen LogP contribution is 1.99. The van der Waals surface area contributed by atoms with Gasteiger partial charge in [0.15, 0.2) is 5.16 Å². The van der Waals surface area contributed by atoms with Crippen LogP contribution >= 0.6 is 0 Å². The van der Waals surface area contributed by atoms with Gasteiger partial charge in [-0.1, -0.05) is 23.4 Å². The van der Waals surface area contributed by atoms with E-state index in [0.717, 1.165) is 11.1 Å². The van der Waals surface area contributed by atoms with Gasteiger partial charge in [0.25, 0.3) is 0 Å². The van der Waals surface area contributed by atoms with E-state index in [9.17, 15) is 0 Å². The Kier molecular flexibility index (Phi) is 5.50. The molecule has 1 aromatic carbocycles. The van der Waals surface area contributed by atoms with Gasteiger partial charge >= 0.3 is 5.84 Å².